The fraction of sp³-hybridized carbons (Fsp3) is 0.706. The Balaban J connectivity index is 1.92. The highest BCUT2D eigenvalue weighted by molar-refractivity contribution is 7.14. The van der Waals surface area contributed by atoms with Crippen molar-refractivity contribution in [2.75, 3.05) is 6.54 Å². The molecule has 1 aromatic rings. The molecule has 1 aliphatic rings. The molecule has 1 aliphatic carbocycles. The zero-order valence-corrected chi connectivity index (χ0v) is 14.2. The minimum absolute atomic E-state index is 0.446. The van der Waals surface area contributed by atoms with Crippen molar-refractivity contribution >= 4 is 17.3 Å². The standard InChI is InChI=1S/C17H27NO2S/c1-12(2)9-17(6-4-5-7-17)11-18-10-14-8-15(16(19)20)21-13(14)3/h8,12,18H,4-7,9-11H2,1-3H3,(H,19,20). The van der Waals surface area contributed by atoms with Gasteiger partial charge >= 0.3 is 5.97 Å². The van der Waals surface area contributed by atoms with Crippen LogP contribution in [0.1, 0.15) is 66.1 Å². The van der Waals surface area contributed by atoms with Crippen LogP contribution in [0.15, 0.2) is 6.07 Å². The van der Waals surface area contributed by atoms with Crippen LogP contribution in [0.2, 0.25) is 0 Å². The molecule has 0 radical (unpaired) electrons. The summed E-state index contributed by atoms with van der Waals surface area (Å²) in [6.45, 7) is 8.47. The second-order valence-electron chi connectivity index (χ2n) is 6.91. The lowest BCUT2D eigenvalue weighted by molar-refractivity contribution is 0.0702. The third-order valence-electron chi connectivity index (χ3n) is 4.55. The molecule has 21 heavy (non-hydrogen) atoms. The summed E-state index contributed by atoms with van der Waals surface area (Å²) in [5.41, 5.74) is 1.60. The van der Waals surface area contributed by atoms with Gasteiger partial charge in [0.1, 0.15) is 4.88 Å². The number of carboxylic acids is 1. The Kier molecular flexibility index (Phi) is 5.44. The molecule has 1 heterocycles. The van der Waals surface area contributed by atoms with Gasteiger partial charge in [0.25, 0.3) is 0 Å². The molecule has 0 bridgehead atoms. The van der Waals surface area contributed by atoms with E-state index < -0.39 is 5.97 Å². The van der Waals surface area contributed by atoms with E-state index in [9.17, 15) is 4.79 Å². The van der Waals surface area contributed by atoms with Gasteiger partial charge in [-0.25, -0.2) is 4.79 Å². The van der Waals surface area contributed by atoms with Gasteiger partial charge in [-0.05, 0) is 49.1 Å². The first-order chi connectivity index (χ1) is 9.92. The molecule has 0 aliphatic heterocycles. The molecule has 2 N–H and O–H groups in total. The minimum atomic E-state index is -0.818. The van der Waals surface area contributed by atoms with Crippen LogP contribution in [0.5, 0.6) is 0 Å². The van der Waals surface area contributed by atoms with Crippen molar-refractivity contribution in [1.29, 1.82) is 0 Å². The summed E-state index contributed by atoms with van der Waals surface area (Å²) in [6.07, 6.45) is 6.68. The van der Waals surface area contributed by atoms with Crippen molar-refractivity contribution in [3.8, 4) is 0 Å². The monoisotopic (exact) mass is 309 g/mol. The number of hydrogen-bond acceptors (Lipinski definition) is 3. The van der Waals surface area contributed by atoms with Gasteiger partial charge in [-0.15, -0.1) is 11.3 Å². The number of rotatable bonds is 7. The summed E-state index contributed by atoms with van der Waals surface area (Å²) in [5, 5.41) is 12.6. The molecule has 118 valence electrons. The molecule has 0 saturated heterocycles. The fourth-order valence-corrected chi connectivity index (χ4v) is 4.59. The molecule has 0 unspecified atom stereocenters. The summed E-state index contributed by atoms with van der Waals surface area (Å²) < 4.78 is 0. The Morgan fingerprint density at radius 3 is 2.62 bits per heavy atom. The first-order valence-corrected chi connectivity index (χ1v) is 8.77. The molecule has 0 amide bonds. The average molecular weight is 309 g/mol. The van der Waals surface area contributed by atoms with Gasteiger partial charge in [-0.2, -0.15) is 0 Å². The van der Waals surface area contributed by atoms with Crippen LogP contribution in [0, 0.1) is 18.3 Å². The third kappa shape index (κ3) is 4.30. The van der Waals surface area contributed by atoms with Crippen LogP contribution < -0.4 is 5.32 Å². The molecule has 0 spiro atoms. The second-order valence-corrected chi connectivity index (χ2v) is 8.16. The van der Waals surface area contributed by atoms with Gasteiger partial charge in [-0.1, -0.05) is 26.7 Å². The zero-order valence-electron chi connectivity index (χ0n) is 13.4. The number of carboxylic acid groups (broad SMARTS) is 1. The third-order valence-corrected chi connectivity index (χ3v) is 5.63. The number of carbonyl (C=O) groups is 1. The molecule has 1 fully saturated rings. The average Bonchev–Trinajstić information content (AvgIpc) is 2.97. The Hall–Kier alpha value is -0.870. The van der Waals surface area contributed by atoms with Gasteiger partial charge in [0.2, 0.25) is 0 Å². The summed E-state index contributed by atoms with van der Waals surface area (Å²) in [7, 11) is 0. The normalized spacial score (nSPS) is 17.5. The Bertz CT molecular complexity index is 487. The number of thiophene rings is 1. The van der Waals surface area contributed by atoms with E-state index in [0.717, 1.165) is 29.4 Å². The van der Waals surface area contributed by atoms with E-state index in [0.29, 0.717) is 10.3 Å². The van der Waals surface area contributed by atoms with E-state index in [2.05, 4.69) is 19.2 Å². The predicted octanol–water partition coefficient (Wildman–Crippen LogP) is 4.45. The Labute approximate surface area is 131 Å². The van der Waals surface area contributed by atoms with E-state index >= 15 is 0 Å². The summed E-state index contributed by atoms with van der Waals surface area (Å²) in [5.74, 6) is -0.0761. The maximum Gasteiger partial charge on any atom is 0.345 e. The van der Waals surface area contributed by atoms with Crippen molar-refractivity contribution in [1.82, 2.24) is 5.32 Å². The maximum absolute atomic E-state index is 11.0. The maximum atomic E-state index is 11.0. The minimum Gasteiger partial charge on any atom is -0.477 e. The zero-order chi connectivity index (χ0) is 15.5. The van der Waals surface area contributed by atoms with Gasteiger partial charge < -0.3 is 10.4 Å². The van der Waals surface area contributed by atoms with Crippen molar-refractivity contribution in [2.45, 2.75) is 59.4 Å². The highest BCUT2D eigenvalue weighted by Crippen LogP contribution is 2.42. The fourth-order valence-electron chi connectivity index (χ4n) is 3.71. The first kappa shape index (κ1) is 16.5. The number of nitrogens with one attached hydrogen (secondary N) is 1. The number of aromatic carboxylic acids is 1. The van der Waals surface area contributed by atoms with E-state index in [1.165, 1.54) is 43.4 Å². The molecule has 0 atom stereocenters. The van der Waals surface area contributed by atoms with Crippen LogP contribution in [-0.2, 0) is 6.54 Å². The van der Waals surface area contributed by atoms with Gasteiger partial charge in [-0.3, -0.25) is 0 Å². The van der Waals surface area contributed by atoms with Gasteiger partial charge in [0, 0.05) is 18.0 Å². The molecule has 1 saturated carbocycles. The lowest BCUT2D eigenvalue weighted by Crippen LogP contribution is -2.33. The smallest absolute Gasteiger partial charge is 0.345 e. The highest BCUT2D eigenvalue weighted by Gasteiger charge is 2.33. The SMILES string of the molecule is Cc1sc(C(=O)O)cc1CNCC1(CC(C)C)CCCC1. The molecule has 0 aromatic carbocycles. The summed E-state index contributed by atoms with van der Waals surface area (Å²) in [6, 6.07) is 1.82. The molecular formula is C17H27NO2S. The van der Waals surface area contributed by atoms with E-state index in [1.807, 2.05) is 13.0 Å². The largest absolute Gasteiger partial charge is 0.477 e. The Morgan fingerprint density at radius 1 is 1.43 bits per heavy atom. The second kappa shape index (κ2) is 6.93. The predicted molar refractivity (Wildman–Crippen MR) is 88.1 cm³/mol. The number of hydrogen-bond donors (Lipinski definition) is 2. The van der Waals surface area contributed by atoms with Crippen LogP contribution in [0.4, 0.5) is 0 Å². The van der Waals surface area contributed by atoms with E-state index in [1.54, 1.807) is 0 Å². The quantitative estimate of drug-likeness (QED) is 0.782. The van der Waals surface area contributed by atoms with Crippen molar-refractivity contribution in [3.63, 3.8) is 0 Å². The summed E-state index contributed by atoms with van der Waals surface area (Å²) >= 11 is 1.38. The molecule has 4 heteroatoms. The van der Waals surface area contributed by atoms with Gasteiger partial charge in [0.05, 0.1) is 0 Å². The van der Waals surface area contributed by atoms with E-state index in [4.69, 9.17) is 5.11 Å². The van der Waals surface area contributed by atoms with Crippen molar-refractivity contribution in [3.05, 3.63) is 21.4 Å². The molecule has 3 nitrogen and oxygen atoms in total. The van der Waals surface area contributed by atoms with Gasteiger partial charge in [0.15, 0.2) is 0 Å². The lowest BCUT2D eigenvalue weighted by atomic mass is 9.78. The van der Waals surface area contributed by atoms with Crippen LogP contribution in [0.25, 0.3) is 0 Å². The highest BCUT2D eigenvalue weighted by atomic mass is 32.1. The summed E-state index contributed by atoms with van der Waals surface area (Å²) in [4.78, 5) is 12.6. The van der Waals surface area contributed by atoms with Crippen molar-refractivity contribution < 1.29 is 9.90 Å². The lowest BCUT2D eigenvalue weighted by Gasteiger charge is -2.31. The molecular weight excluding hydrogens is 282 g/mol. The van der Waals surface area contributed by atoms with Crippen LogP contribution >= 0.6 is 11.3 Å². The van der Waals surface area contributed by atoms with Crippen LogP contribution in [-0.4, -0.2) is 17.6 Å². The topological polar surface area (TPSA) is 49.3 Å². The van der Waals surface area contributed by atoms with E-state index in [-0.39, 0.29) is 0 Å². The molecule has 1 aromatic heterocycles. The van der Waals surface area contributed by atoms with Crippen LogP contribution in [0.3, 0.4) is 0 Å². The first-order valence-electron chi connectivity index (χ1n) is 7.95. The number of aryl methyl sites for hydroxylation is 1. The van der Waals surface area contributed by atoms with Crippen molar-refractivity contribution in [2.24, 2.45) is 11.3 Å². The molecule has 2 rings (SSSR count). The Morgan fingerprint density at radius 2 is 2.10 bits per heavy atom.